The Morgan fingerprint density at radius 3 is 2.52 bits per heavy atom. The Balaban J connectivity index is 0.00000192. The molecule has 0 saturated carbocycles. The molecule has 0 atom stereocenters. The lowest BCUT2D eigenvalue weighted by Gasteiger charge is -2.33. The molecule has 2 heterocycles. The minimum Gasteiger partial charge on any atom is -0.355 e. The normalized spacial score (nSPS) is 18.7. The Hall–Kier alpha value is -1.08. The van der Waals surface area contributed by atoms with Crippen molar-refractivity contribution in [1.29, 1.82) is 0 Å². The number of hydrogen-bond donors (Lipinski definition) is 1. The highest BCUT2D eigenvalue weighted by molar-refractivity contribution is 14.0. The third kappa shape index (κ3) is 4.94. The lowest BCUT2D eigenvalue weighted by Crippen LogP contribution is -2.47. The zero-order valence-electron chi connectivity index (χ0n) is 13.9. The minimum atomic E-state index is 0. The number of nitrogens with one attached hydrogen (secondary N) is 1. The third-order valence-electron chi connectivity index (χ3n) is 4.52. The molecule has 1 aromatic rings. The van der Waals surface area contributed by atoms with Gasteiger partial charge in [0.05, 0.1) is 0 Å². The quantitative estimate of drug-likeness (QED) is 0.457. The van der Waals surface area contributed by atoms with Gasteiger partial charge in [-0.15, -0.1) is 24.0 Å². The largest absolute Gasteiger partial charge is 0.355 e. The molecule has 126 valence electrons. The van der Waals surface area contributed by atoms with Crippen LogP contribution >= 0.6 is 24.0 Å². The summed E-state index contributed by atoms with van der Waals surface area (Å²) in [5, 5.41) is 3.50. The Morgan fingerprint density at radius 2 is 1.96 bits per heavy atom. The maximum atomic E-state index is 4.43. The molecule has 2 aliphatic heterocycles. The summed E-state index contributed by atoms with van der Waals surface area (Å²) in [5.74, 6) is 1.03. The van der Waals surface area contributed by atoms with Crippen LogP contribution in [0.3, 0.4) is 0 Å². The van der Waals surface area contributed by atoms with Gasteiger partial charge >= 0.3 is 0 Å². The van der Waals surface area contributed by atoms with Crippen LogP contribution < -0.4 is 5.32 Å². The molecule has 0 aliphatic carbocycles. The van der Waals surface area contributed by atoms with Gasteiger partial charge in [-0.05, 0) is 37.1 Å². The summed E-state index contributed by atoms with van der Waals surface area (Å²) < 4.78 is 0. The summed E-state index contributed by atoms with van der Waals surface area (Å²) >= 11 is 0. The van der Waals surface area contributed by atoms with Gasteiger partial charge in [-0.1, -0.05) is 36.4 Å². The van der Waals surface area contributed by atoms with Crippen molar-refractivity contribution >= 4 is 35.5 Å². The monoisotopic (exact) mass is 426 g/mol. The molecule has 0 spiro atoms. The topological polar surface area (TPSA) is 30.9 Å². The Kier molecular flexibility index (Phi) is 7.36. The van der Waals surface area contributed by atoms with E-state index in [-0.39, 0.29) is 24.0 Å². The first-order chi connectivity index (χ1) is 10.9. The molecule has 3 rings (SSSR count). The highest BCUT2D eigenvalue weighted by Crippen LogP contribution is 2.21. The Morgan fingerprint density at radius 1 is 1.17 bits per heavy atom. The van der Waals surface area contributed by atoms with E-state index in [1.807, 2.05) is 7.05 Å². The van der Waals surface area contributed by atoms with E-state index in [4.69, 9.17) is 0 Å². The van der Waals surface area contributed by atoms with Gasteiger partial charge in [-0.25, -0.2) is 0 Å². The summed E-state index contributed by atoms with van der Waals surface area (Å²) in [6.45, 7) is 6.59. The number of nitrogens with zero attached hydrogens (tertiary/aromatic N) is 3. The average Bonchev–Trinajstić information content (AvgIpc) is 2.54. The molecule has 0 amide bonds. The van der Waals surface area contributed by atoms with Gasteiger partial charge in [0, 0.05) is 33.2 Å². The predicted octanol–water partition coefficient (Wildman–Crippen LogP) is 2.67. The van der Waals surface area contributed by atoms with Gasteiger partial charge < -0.3 is 15.1 Å². The summed E-state index contributed by atoms with van der Waals surface area (Å²) in [7, 11) is 1.88. The van der Waals surface area contributed by atoms with Gasteiger partial charge in [0.25, 0.3) is 0 Å². The SMILES string of the molecule is CN=C(NCCN1CCC1)N1CC=C(c2ccccc2)CC1.I. The molecular formula is C18H27IN4. The number of aliphatic imine (C=N–C) groups is 1. The zero-order chi connectivity index (χ0) is 15.2. The molecule has 5 heteroatoms. The maximum absolute atomic E-state index is 4.43. The molecule has 0 unspecified atom stereocenters. The molecule has 1 N–H and O–H groups in total. The summed E-state index contributed by atoms with van der Waals surface area (Å²) in [6.07, 6.45) is 4.77. The summed E-state index contributed by atoms with van der Waals surface area (Å²) in [5.41, 5.74) is 2.80. The minimum absolute atomic E-state index is 0. The molecule has 0 aromatic heterocycles. The summed E-state index contributed by atoms with van der Waals surface area (Å²) in [6, 6.07) is 10.7. The second kappa shape index (κ2) is 9.27. The van der Waals surface area contributed by atoms with E-state index < -0.39 is 0 Å². The van der Waals surface area contributed by atoms with Crippen LogP contribution in [-0.2, 0) is 0 Å². The van der Waals surface area contributed by atoms with E-state index in [9.17, 15) is 0 Å². The van der Waals surface area contributed by atoms with Crippen LogP contribution in [0.2, 0.25) is 0 Å². The van der Waals surface area contributed by atoms with Gasteiger partial charge in [-0.2, -0.15) is 0 Å². The maximum Gasteiger partial charge on any atom is 0.193 e. The molecule has 1 aromatic carbocycles. The molecule has 23 heavy (non-hydrogen) atoms. The van der Waals surface area contributed by atoms with Crippen molar-refractivity contribution < 1.29 is 0 Å². The van der Waals surface area contributed by atoms with Crippen molar-refractivity contribution in [3.05, 3.63) is 42.0 Å². The smallest absolute Gasteiger partial charge is 0.193 e. The van der Waals surface area contributed by atoms with E-state index in [0.717, 1.165) is 38.6 Å². The Bertz CT molecular complexity index is 537. The first-order valence-corrected chi connectivity index (χ1v) is 8.29. The molecular weight excluding hydrogens is 399 g/mol. The van der Waals surface area contributed by atoms with Crippen LogP contribution in [-0.4, -0.2) is 62.1 Å². The van der Waals surface area contributed by atoms with Gasteiger partial charge in [0.2, 0.25) is 0 Å². The second-order valence-corrected chi connectivity index (χ2v) is 5.96. The van der Waals surface area contributed by atoms with Gasteiger partial charge in [-0.3, -0.25) is 4.99 Å². The van der Waals surface area contributed by atoms with Crippen LogP contribution in [0, 0.1) is 0 Å². The average molecular weight is 426 g/mol. The number of guanidine groups is 1. The number of halogens is 1. The van der Waals surface area contributed by atoms with Gasteiger partial charge in [0.15, 0.2) is 5.96 Å². The lowest BCUT2D eigenvalue weighted by atomic mass is 10.00. The van der Waals surface area contributed by atoms with Crippen molar-refractivity contribution in [3.63, 3.8) is 0 Å². The van der Waals surface area contributed by atoms with Crippen molar-refractivity contribution in [1.82, 2.24) is 15.1 Å². The van der Waals surface area contributed by atoms with Crippen LogP contribution in [0.15, 0.2) is 41.4 Å². The standard InChI is InChI=1S/C18H26N4.HI/c1-19-18(20-10-15-21-11-5-12-21)22-13-8-17(9-14-22)16-6-3-2-4-7-16;/h2-4,6-8H,5,9-15H2,1H3,(H,19,20);1H. The fourth-order valence-electron chi connectivity index (χ4n) is 3.04. The molecule has 0 bridgehead atoms. The first-order valence-electron chi connectivity index (χ1n) is 8.29. The molecule has 0 radical (unpaired) electrons. The second-order valence-electron chi connectivity index (χ2n) is 5.96. The lowest BCUT2D eigenvalue weighted by molar-refractivity contribution is 0.184. The van der Waals surface area contributed by atoms with Gasteiger partial charge in [0.1, 0.15) is 0 Å². The molecule has 1 fully saturated rings. The van der Waals surface area contributed by atoms with Crippen molar-refractivity contribution in [2.24, 2.45) is 4.99 Å². The van der Waals surface area contributed by atoms with Crippen molar-refractivity contribution in [2.45, 2.75) is 12.8 Å². The fourth-order valence-corrected chi connectivity index (χ4v) is 3.04. The number of likely N-dealkylation sites (tertiary alicyclic amines) is 1. The summed E-state index contributed by atoms with van der Waals surface area (Å²) in [4.78, 5) is 9.25. The van der Waals surface area contributed by atoms with Crippen LogP contribution in [0.5, 0.6) is 0 Å². The molecule has 1 saturated heterocycles. The van der Waals surface area contributed by atoms with E-state index in [2.05, 4.69) is 56.5 Å². The van der Waals surface area contributed by atoms with Crippen LogP contribution in [0.1, 0.15) is 18.4 Å². The van der Waals surface area contributed by atoms with Crippen molar-refractivity contribution in [3.8, 4) is 0 Å². The molecule has 4 nitrogen and oxygen atoms in total. The predicted molar refractivity (Wildman–Crippen MR) is 108 cm³/mol. The number of hydrogen-bond acceptors (Lipinski definition) is 2. The first kappa shape index (κ1) is 18.3. The van der Waals surface area contributed by atoms with E-state index >= 15 is 0 Å². The number of benzene rings is 1. The van der Waals surface area contributed by atoms with Crippen molar-refractivity contribution in [2.75, 3.05) is 46.3 Å². The third-order valence-corrected chi connectivity index (χ3v) is 4.52. The molecule has 2 aliphatic rings. The van der Waals surface area contributed by atoms with E-state index in [1.54, 1.807) is 0 Å². The Labute approximate surface area is 156 Å². The van der Waals surface area contributed by atoms with E-state index in [0.29, 0.717) is 0 Å². The highest BCUT2D eigenvalue weighted by Gasteiger charge is 2.17. The fraction of sp³-hybridized carbons (Fsp3) is 0.500. The highest BCUT2D eigenvalue weighted by atomic mass is 127. The number of rotatable bonds is 4. The van der Waals surface area contributed by atoms with E-state index in [1.165, 1.54) is 30.6 Å². The van der Waals surface area contributed by atoms with Crippen LogP contribution in [0.4, 0.5) is 0 Å². The zero-order valence-corrected chi connectivity index (χ0v) is 16.2. The van der Waals surface area contributed by atoms with Crippen LogP contribution in [0.25, 0.3) is 5.57 Å².